The molecule has 1 heterocycles. The Morgan fingerprint density at radius 3 is 2.81 bits per heavy atom. The van der Waals surface area contributed by atoms with Crippen LogP contribution in [0.4, 0.5) is 0 Å². The highest BCUT2D eigenvalue weighted by Crippen LogP contribution is 2.34. The molecule has 1 unspecified atom stereocenters. The Labute approximate surface area is 130 Å². The summed E-state index contributed by atoms with van der Waals surface area (Å²) in [6.07, 6.45) is 8.73. The van der Waals surface area contributed by atoms with Crippen LogP contribution in [0.2, 0.25) is 0 Å². The average Bonchev–Trinajstić information content (AvgIpc) is 3.06. The number of fused-ring (bicyclic) bond motifs is 1. The van der Waals surface area contributed by atoms with Crippen molar-refractivity contribution in [3.63, 3.8) is 0 Å². The molecule has 0 bridgehead atoms. The molecule has 0 saturated heterocycles. The second-order valence-electron chi connectivity index (χ2n) is 6.29. The number of benzene rings is 1. The maximum atomic E-state index is 4.94. The van der Waals surface area contributed by atoms with Crippen molar-refractivity contribution in [2.45, 2.75) is 57.0 Å². The number of hydrogen-bond donors (Lipinski definition) is 1. The van der Waals surface area contributed by atoms with Crippen LogP contribution in [-0.2, 0) is 19.3 Å². The van der Waals surface area contributed by atoms with E-state index in [2.05, 4.69) is 35.6 Å². The van der Waals surface area contributed by atoms with Gasteiger partial charge in [0.2, 0.25) is 0 Å². The number of thiazole rings is 1. The van der Waals surface area contributed by atoms with Gasteiger partial charge in [-0.2, -0.15) is 0 Å². The second-order valence-corrected chi connectivity index (χ2v) is 7.41. The molecule has 2 aliphatic rings. The minimum atomic E-state index is 0.452. The van der Waals surface area contributed by atoms with E-state index in [4.69, 9.17) is 4.98 Å². The van der Waals surface area contributed by atoms with Gasteiger partial charge < -0.3 is 5.32 Å². The van der Waals surface area contributed by atoms with Crippen molar-refractivity contribution in [2.24, 2.45) is 0 Å². The van der Waals surface area contributed by atoms with E-state index in [0.29, 0.717) is 6.04 Å². The molecule has 21 heavy (non-hydrogen) atoms. The van der Waals surface area contributed by atoms with Gasteiger partial charge in [-0.05, 0) is 50.5 Å². The van der Waals surface area contributed by atoms with Crippen molar-refractivity contribution < 1.29 is 0 Å². The lowest BCUT2D eigenvalue weighted by atomic mass is 10.1. The van der Waals surface area contributed by atoms with Gasteiger partial charge in [-0.25, -0.2) is 4.98 Å². The van der Waals surface area contributed by atoms with Gasteiger partial charge in [0.1, 0.15) is 5.01 Å². The molecule has 0 radical (unpaired) electrons. The number of aryl methyl sites for hydroxylation is 3. The van der Waals surface area contributed by atoms with E-state index in [-0.39, 0.29) is 0 Å². The smallest absolute Gasteiger partial charge is 0.110 e. The highest BCUT2D eigenvalue weighted by molar-refractivity contribution is 7.11. The van der Waals surface area contributed by atoms with Gasteiger partial charge in [0.05, 0.1) is 11.7 Å². The molecule has 0 spiro atoms. The Bertz CT molecular complexity index is 579. The molecule has 1 N–H and O–H groups in total. The van der Waals surface area contributed by atoms with Crippen LogP contribution >= 0.6 is 11.3 Å². The molecule has 1 fully saturated rings. The Balaban J connectivity index is 1.47. The minimum Gasteiger partial charge on any atom is -0.305 e. The summed E-state index contributed by atoms with van der Waals surface area (Å²) in [5.74, 6) is 0. The topological polar surface area (TPSA) is 24.9 Å². The van der Waals surface area contributed by atoms with Crippen LogP contribution in [0.3, 0.4) is 0 Å². The summed E-state index contributed by atoms with van der Waals surface area (Å²) in [6.45, 7) is 0. The van der Waals surface area contributed by atoms with E-state index in [0.717, 1.165) is 18.9 Å². The molecule has 1 saturated carbocycles. The van der Waals surface area contributed by atoms with E-state index in [1.54, 1.807) is 4.88 Å². The minimum absolute atomic E-state index is 0.452. The van der Waals surface area contributed by atoms with Gasteiger partial charge in [0.15, 0.2) is 0 Å². The van der Waals surface area contributed by atoms with Crippen molar-refractivity contribution in [3.05, 3.63) is 51.5 Å². The Morgan fingerprint density at radius 2 is 2.05 bits per heavy atom. The lowest BCUT2D eigenvalue weighted by molar-refractivity contribution is 0.494. The molecule has 1 aromatic heterocycles. The molecular weight excluding hydrogens is 276 g/mol. The average molecular weight is 298 g/mol. The van der Waals surface area contributed by atoms with Crippen LogP contribution < -0.4 is 5.32 Å². The summed E-state index contributed by atoms with van der Waals surface area (Å²) in [7, 11) is 0. The normalized spacial score (nSPS) is 18.7. The number of nitrogens with one attached hydrogen (secondary N) is 1. The van der Waals surface area contributed by atoms with Crippen LogP contribution in [-0.4, -0.2) is 11.0 Å². The van der Waals surface area contributed by atoms with Crippen LogP contribution in [0.15, 0.2) is 30.3 Å². The van der Waals surface area contributed by atoms with Crippen molar-refractivity contribution in [3.8, 4) is 0 Å². The molecule has 1 aromatic carbocycles. The first-order valence-electron chi connectivity index (χ1n) is 8.17. The first-order valence-corrected chi connectivity index (χ1v) is 8.98. The largest absolute Gasteiger partial charge is 0.305 e. The van der Waals surface area contributed by atoms with Gasteiger partial charge in [-0.15, -0.1) is 11.3 Å². The number of rotatable bonds is 6. The molecule has 1 atom stereocenters. The predicted octanol–water partition coefficient (Wildman–Crippen LogP) is 4.06. The van der Waals surface area contributed by atoms with Crippen LogP contribution in [0.25, 0.3) is 0 Å². The fraction of sp³-hybridized carbons (Fsp3) is 0.500. The fourth-order valence-electron chi connectivity index (χ4n) is 3.13. The lowest BCUT2D eigenvalue weighted by Gasteiger charge is -2.16. The van der Waals surface area contributed by atoms with Gasteiger partial charge >= 0.3 is 0 Å². The first-order chi connectivity index (χ1) is 10.4. The van der Waals surface area contributed by atoms with E-state index in [1.165, 1.54) is 48.4 Å². The third-order valence-corrected chi connectivity index (χ3v) is 5.76. The van der Waals surface area contributed by atoms with Crippen LogP contribution in [0, 0.1) is 0 Å². The third-order valence-electron chi connectivity index (χ3n) is 4.49. The molecule has 0 aliphatic heterocycles. The summed E-state index contributed by atoms with van der Waals surface area (Å²) < 4.78 is 0. The zero-order valence-corrected chi connectivity index (χ0v) is 13.2. The maximum Gasteiger partial charge on any atom is 0.110 e. The van der Waals surface area contributed by atoms with E-state index in [9.17, 15) is 0 Å². The monoisotopic (exact) mass is 298 g/mol. The van der Waals surface area contributed by atoms with Crippen molar-refractivity contribution in [2.75, 3.05) is 0 Å². The Hall–Kier alpha value is -1.19. The molecule has 2 aromatic rings. The Morgan fingerprint density at radius 1 is 1.19 bits per heavy atom. The standard InChI is InChI=1S/C18H22N2S/c1-2-5-13(6-3-1)9-12-16(19-14-10-11-14)18-20-15-7-4-8-17(15)21-18/h1-3,5-6,14,16,19H,4,7-12H2. The van der Waals surface area contributed by atoms with Crippen molar-refractivity contribution in [1.82, 2.24) is 10.3 Å². The fourth-order valence-corrected chi connectivity index (χ4v) is 4.38. The summed E-state index contributed by atoms with van der Waals surface area (Å²) in [5.41, 5.74) is 2.82. The van der Waals surface area contributed by atoms with Gasteiger partial charge in [0, 0.05) is 10.9 Å². The maximum absolute atomic E-state index is 4.94. The van der Waals surface area contributed by atoms with Crippen LogP contribution in [0.1, 0.15) is 52.9 Å². The molecule has 2 nitrogen and oxygen atoms in total. The van der Waals surface area contributed by atoms with Crippen molar-refractivity contribution in [1.29, 1.82) is 0 Å². The van der Waals surface area contributed by atoms with Gasteiger partial charge in [-0.1, -0.05) is 30.3 Å². The van der Waals surface area contributed by atoms with Gasteiger partial charge in [0.25, 0.3) is 0 Å². The van der Waals surface area contributed by atoms with E-state index >= 15 is 0 Å². The molecular formula is C18H22N2S. The molecule has 3 heteroatoms. The van der Waals surface area contributed by atoms with E-state index < -0.39 is 0 Å². The third kappa shape index (κ3) is 3.19. The number of aromatic nitrogens is 1. The SMILES string of the molecule is c1ccc(CCC(NC2CC2)c2nc3c(s2)CCC3)cc1. The zero-order chi connectivity index (χ0) is 14.1. The number of nitrogens with zero attached hydrogens (tertiary/aromatic N) is 1. The van der Waals surface area contributed by atoms with E-state index in [1.807, 2.05) is 11.3 Å². The summed E-state index contributed by atoms with van der Waals surface area (Å²) in [4.78, 5) is 6.49. The highest BCUT2D eigenvalue weighted by Gasteiger charge is 2.28. The van der Waals surface area contributed by atoms with Crippen LogP contribution in [0.5, 0.6) is 0 Å². The molecule has 110 valence electrons. The highest BCUT2D eigenvalue weighted by atomic mass is 32.1. The molecule has 2 aliphatic carbocycles. The zero-order valence-electron chi connectivity index (χ0n) is 12.3. The van der Waals surface area contributed by atoms with Gasteiger partial charge in [-0.3, -0.25) is 0 Å². The number of hydrogen-bond acceptors (Lipinski definition) is 3. The molecule has 4 rings (SSSR count). The summed E-state index contributed by atoms with van der Waals surface area (Å²) in [5, 5.41) is 5.15. The first kappa shape index (κ1) is 13.5. The summed E-state index contributed by atoms with van der Waals surface area (Å²) >= 11 is 1.96. The Kier molecular flexibility index (Phi) is 3.78. The second kappa shape index (κ2) is 5.90. The predicted molar refractivity (Wildman–Crippen MR) is 87.8 cm³/mol. The quantitative estimate of drug-likeness (QED) is 0.870. The lowest BCUT2D eigenvalue weighted by Crippen LogP contribution is -2.24. The van der Waals surface area contributed by atoms with Crippen molar-refractivity contribution >= 4 is 11.3 Å². The summed E-state index contributed by atoms with van der Waals surface area (Å²) in [6, 6.07) is 12.0. The molecule has 0 amide bonds.